The lowest BCUT2D eigenvalue weighted by molar-refractivity contribution is -0.156. The monoisotopic (exact) mass is 596 g/mol. The van der Waals surface area contributed by atoms with Crippen molar-refractivity contribution in [2.24, 2.45) is 16.2 Å². The Labute approximate surface area is 257 Å². The lowest BCUT2D eigenvalue weighted by atomic mass is 9.79. The predicted octanol–water partition coefficient (Wildman–Crippen LogP) is 8.74. The van der Waals surface area contributed by atoms with Crippen LogP contribution in [0.25, 0.3) is 0 Å². The topological polar surface area (TPSA) is 91.4 Å². The van der Waals surface area contributed by atoms with Gasteiger partial charge in [-0.1, -0.05) is 67.2 Å². The molecule has 0 aliphatic carbocycles. The summed E-state index contributed by atoms with van der Waals surface area (Å²) < 4.78 is 22.1. The number of hydrogen-bond acceptors (Lipinski definition) is 7. The molecular weight excluding hydrogens is 532 g/mol. The molecule has 0 aromatic heterocycles. The maximum atomic E-state index is 13.2. The molecule has 1 aliphatic rings. The van der Waals surface area contributed by atoms with E-state index in [9.17, 15) is 14.4 Å². The van der Waals surface area contributed by atoms with E-state index in [0.717, 1.165) is 96.3 Å². The Kier molecular flexibility index (Phi) is 17.3. The van der Waals surface area contributed by atoms with Crippen molar-refractivity contribution in [3.8, 4) is 0 Å². The minimum absolute atomic E-state index is 0.0288. The van der Waals surface area contributed by atoms with Crippen molar-refractivity contribution in [1.29, 1.82) is 0 Å². The highest BCUT2D eigenvalue weighted by Gasteiger charge is 2.35. The standard InChI is InChI=1S/C35H64O7/c1-27(36)41-29(19-16-21-33(3,4)5)17-12-10-14-22-35(9,32(38)40-26-31-25-39-31)23-15-11-13-18-30(42-28(2)37)20-24-34(6,7)8/h29-31H,10-26H2,1-9H3. The van der Waals surface area contributed by atoms with Gasteiger partial charge in [-0.15, -0.1) is 0 Å². The molecule has 0 spiro atoms. The SMILES string of the molecule is CC(=O)OC(CCCCCC(C)(CCCCCC(CCC(C)(C)C)OC(C)=O)C(=O)OCC1CO1)CCCC(C)(C)C. The smallest absolute Gasteiger partial charge is 0.311 e. The molecule has 0 amide bonds. The molecular formula is C35H64O7. The maximum absolute atomic E-state index is 13.2. The van der Waals surface area contributed by atoms with Gasteiger partial charge in [-0.25, -0.2) is 0 Å². The Hall–Kier alpha value is -1.63. The third-order valence-corrected chi connectivity index (χ3v) is 8.14. The van der Waals surface area contributed by atoms with E-state index in [0.29, 0.717) is 13.2 Å². The summed E-state index contributed by atoms with van der Waals surface area (Å²) in [6.07, 6.45) is 14.0. The summed E-state index contributed by atoms with van der Waals surface area (Å²) >= 11 is 0. The average molecular weight is 597 g/mol. The number of hydrogen-bond donors (Lipinski definition) is 0. The lowest BCUT2D eigenvalue weighted by Crippen LogP contribution is -2.31. The van der Waals surface area contributed by atoms with Gasteiger partial charge in [0, 0.05) is 13.8 Å². The fourth-order valence-electron chi connectivity index (χ4n) is 5.41. The molecule has 1 fully saturated rings. The van der Waals surface area contributed by atoms with E-state index in [1.54, 1.807) is 0 Å². The number of epoxide rings is 1. The zero-order valence-corrected chi connectivity index (χ0v) is 28.6. The van der Waals surface area contributed by atoms with Crippen molar-refractivity contribution in [1.82, 2.24) is 0 Å². The molecule has 1 saturated heterocycles. The van der Waals surface area contributed by atoms with Crippen molar-refractivity contribution >= 4 is 17.9 Å². The molecule has 4 atom stereocenters. The molecule has 0 radical (unpaired) electrons. The van der Waals surface area contributed by atoms with E-state index in [4.69, 9.17) is 18.9 Å². The Bertz CT molecular complexity index is 790. The molecule has 0 saturated carbocycles. The van der Waals surface area contributed by atoms with E-state index < -0.39 is 5.41 Å². The number of rotatable bonds is 22. The minimum atomic E-state index is -0.529. The number of esters is 3. The molecule has 0 aromatic carbocycles. The Morgan fingerprint density at radius 1 is 0.643 bits per heavy atom. The van der Waals surface area contributed by atoms with Crippen LogP contribution in [0.2, 0.25) is 0 Å². The van der Waals surface area contributed by atoms with Gasteiger partial charge in [0.15, 0.2) is 0 Å². The highest BCUT2D eigenvalue weighted by molar-refractivity contribution is 5.76. The number of unbranched alkanes of at least 4 members (excludes halogenated alkanes) is 4. The summed E-state index contributed by atoms with van der Waals surface area (Å²) in [7, 11) is 0. The highest BCUT2D eigenvalue weighted by Crippen LogP contribution is 2.34. The first-order valence-electron chi connectivity index (χ1n) is 16.6. The molecule has 1 heterocycles. The van der Waals surface area contributed by atoms with Crippen molar-refractivity contribution in [3.63, 3.8) is 0 Å². The third kappa shape index (κ3) is 20.3. The zero-order valence-electron chi connectivity index (χ0n) is 28.6. The third-order valence-electron chi connectivity index (χ3n) is 8.14. The van der Waals surface area contributed by atoms with Crippen LogP contribution in [-0.4, -0.2) is 49.4 Å². The first kappa shape index (κ1) is 38.4. The Morgan fingerprint density at radius 2 is 1.10 bits per heavy atom. The second kappa shape index (κ2) is 18.9. The lowest BCUT2D eigenvalue weighted by Gasteiger charge is -2.28. The fourth-order valence-corrected chi connectivity index (χ4v) is 5.41. The molecule has 4 unspecified atom stereocenters. The molecule has 7 nitrogen and oxygen atoms in total. The normalized spacial score (nSPS) is 18.1. The first-order chi connectivity index (χ1) is 19.5. The van der Waals surface area contributed by atoms with Gasteiger partial charge in [-0.3, -0.25) is 14.4 Å². The molecule has 1 aliphatic heterocycles. The van der Waals surface area contributed by atoms with Gasteiger partial charge in [0.25, 0.3) is 0 Å². The molecule has 42 heavy (non-hydrogen) atoms. The average Bonchev–Trinajstić information content (AvgIpc) is 3.67. The van der Waals surface area contributed by atoms with Gasteiger partial charge in [-0.05, 0) is 88.4 Å². The summed E-state index contributed by atoms with van der Waals surface area (Å²) in [5, 5.41) is 0. The van der Waals surface area contributed by atoms with Gasteiger partial charge in [0.05, 0.1) is 12.0 Å². The summed E-state index contributed by atoms with van der Waals surface area (Å²) in [6.45, 7) is 19.4. The van der Waals surface area contributed by atoms with Crippen LogP contribution in [0.5, 0.6) is 0 Å². The first-order valence-corrected chi connectivity index (χ1v) is 16.6. The number of carbonyl (C=O) groups is 3. The van der Waals surface area contributed by atoms with Gasteiger partial charge in [0.2, 0.25) is 0 Å². The number of ether oxygens (including phenoxy) is 4. The molecule has 0 aromatic rings. The van der Waals surface area contributed by atoms with Crippen molar-refractivity contribution in [2.75, 3.05) is 13.2 Å². The highest BCUT2D eigenvalue weighted by atomic mass is 16.6. The van der Waals surface area contributed by atoms with E-state index in [1.165, 1.54) is 13.8 Å². The van der Waals surface area contributed by atoms with Crippen molar-refractivity contribution in [2.45, 2.75) is 177 Å². The van der Waals surface area contributed by atoms with Gasteiger partial charge >= 0.3 is 17.9 Å². The van der Waals surface area contributed by atoms with Crippen LogP contribution in [-0.2, 0) is 33.3 Å². The van der Waals surface area contributed by atoms with Gasteiger partial charge in [-0.2, -0.15) is 0 Å². The summed E-state index contributed by atoms with van der Waals surface area (Å²) in [5.41, 5.74) is -0.0418. The summed E-state index contributed by atoms with van der Waals surface area (Å²) in [6, 6.07) is 0. The van der Waals surface area contributed by atoms with E-state index in [1.807, 2.05) is 6.92 Å². The second-order valence-corrected chi connectivity index (χ2v) is 15.3. The van der Waals surface area contributed by atoms with Crippen LogP contribution >= 0.6 is 0 Å². The van der Waals surface area contributed by atoms with Crippen LogP contribution in [0.4, 0.5) is 0 Å². The Balaban J connectivity index is 2.55. The van der Waals surface area contributed by atoms with Crippen molar-refractivity contribution < 1.29 is 33.3 Å². The van der Waals surface area contributed by atoms with Crippen LogP contribution in [0.15, 0.2) is 0 Å². The van der Waals surface area contributed by atoms with Gasteiger partial charge in [0.1, 0.15) is 24.9 Å². The van der Waals surface area contributed by atoms with E-state index >= 15 is 0 Å². The predicted molar refractivity (Wildman–Crippen MR) is 168 cm³/mol. The minimum Gasteiger partial charge on any atom is -0.463 e. The van der Waals surface area contributed by atoms with E-state index in [-0.39, 0.29) is 47.0 Å². The van der Waals surface area contributed by atoms with Crippen LogP contribution < -0.4 is 0 Å². The molecule has 0 bridgehead atoms. The largest absolute Gasteiger partial charge is 0.463 e. The van der Waals surface area contributed by atoms with Crippen LogP contribution in [0, 0.1) is 16.2 Å². The second-order valence-electron chi connectivity index (χ2n) is 15.3. The van der Waals surface area contributed by atoms with Crippen molar-refractivity contribution in [3.05, 3.63) is 0 Å². The van der Waals surface area contributed by atoms with Gasteiger partial charge < -0.3 is 18.9 Å². The molecule has 1 rings (SSSR count). The fraction of sp³-hybridized carbons (Fsp3) is 0.914. The Morgan fingerprint density at radius 3 is 1.52 bits per heavy atom. The maximum Gasteiger partial charge on any atom is 0.311 e. The molecule has 7 heteroatoms. The molecule has 0 N–H and O–H groups in total. The summed E-state index contributed by atoms with van der Waals surface area (Å²) in [5.74, 6) is -0.548. The summed E-state index contributed by atoms with van der Waals surface area (Å²) in [4.78, 5) is 36.4. The van der Waals surface area contributed by atoms with Crippen LogP contribution in [0.3, 0.4) is 0 Å². The van der Waals surface area contributed by atoms with Crippen LogP contribution in [0.1, 0.15) is 159 Å². The number of carbonyl (C=O) groups excluding carboxylic acids is 3. The zero-order chi connectivity index (χ0) is 31.8. The van der Waals surface area contributed by atoms with E-state index in [2.05, 4.69) is 41.5 Å². The molecule has 246 valence electrons. The quantitative estimate of drug-likeness (QED) is 0.0534.